The van der Waals surface area contributed by atoms with Crippen LogP contribution < -0.4 is 10.1 Å². The van der Waals surface area contributed by atoms with Crippen LogP contribution in [0.4, 0.5) is 0 Å². The normalized spacial score (nSPS) is 14.6. The molecule has 2 amide bonds. The number of ether oxygens (including phenoxy) is 2. The maximum absolute atomic E-state index is 12.4. The van der Waals surface area contributed by atoms with Crippen LogP contribution in [0, 0.1) is 0 Å². The van der Waals surface area contributed by atoms with Crippen LogP contribution in [0.15, 0.2) is 30.5 Å². The first kappa shape index (κ1) is 21.1. The van der Waals surface area contributed by atoms with Crippen molar-refractivity contribution in [1.29, 1.82) is 0 Å². The third-order valence-corrected chi connectivity index (χ3v) is 5.03. The molecule has 2 heterocycles. The second-order valence-corrected chi connectivity index (χ2v) is 7.07. The zero-order chi connectivity index (χ0) is 20.6. The number of likely N-dealkylation sites (tertiary alicyclic amines) is 1. The van der Waals surface area contributed by atoms with Crippen molar-refractivity contribution in [3.63, 3.8) is 0 Å². The highest BCUT2D eigenvalue weighted by Crippen LogP contribution is 2.24. The van der Waals surface area contributed by atoms with Gasteiger partial charge in [-0.3, -0.25) is 9.59 Å². The molecule has 1 aliphatic heterocycles. The van der Waals surface area contributed by atoms with Gasteiger partial charge in [-0.05, 0) is 25.0 Å². The minimum atomic E-state index is -0.280. The van der Waals surface area contributed by atoms with Gasteiger partial charge < -0.3 is 19.7 Å². The number of halogens is 1. The van der Waals surface area contributed by atoms with Gasteiger partial charge in [0.25, 0.3) is 11.8 Å². The zero-order valence-corrected chi connectivity index (χ0v) is 17.0. The molecule has 1 aromatic carbocycles. The second-order valence-electron chi connectivity index (χ2n) is 6.66. The lowest BCUT2D eigenvalue weighted by Crippen LogP contribution is -2.41. The summed E-state index contributed by atoms with van der Waals surface area (Å²) in [5.41, 5.74) is 0.271. The maximum atomic E-state index is 12.4. The number of carbonyl (C=O) groups is 2. The molecule has 156 valence electrons. The fourth-order valence-electron chi connectivity index (χ4n) is 3.09. The van der Waals surface area contributed by atoms with Crippen LogP contribution >= 0.6 is 11.6 Å². The first-order valence-electron chi connectivity index (χ1n) is 9.42. The summed E-state index contributed by atoms with van der Waals surface area (Å²) >= 11 is 6.04. The molecule has 0 radical (unpaired) electrons. The first-order chi connectivity index (χ1) is 14.1. The summed E-state index contributed by atoms with van der Waals surface area (Å²) in [5, 5.41) is 11.2. The van der Waals surface area contributed by atoms with Crippen molar-refractivity contribution in [3.8, 4) is 5.75 Å². The summed E-state index contributed by atoms with van der Waals surface area (Å²) in [6, 6.07) is 7.16. The molecule has 1 aromatic heterocycles. The number of rotatable bonds is 8. The Morgan fingerprint density at radius 2 is 2.03 bits per heavy atom. The van der Waals surface area contributed by atoms with Crippen LogP contribution in [-0.2, 0) is 9.53 Å². The van der Waals surface area contributed by atoms with E-state index >= 15 is 0 Å². The van der Waals surface area contributed by atoms with Gasteiger partial charge in [0.1, 0.15) is 5.75 Å². The van der Waals surface area contributed by atoms with Gasteiger partial charge in [-0.25, -0.2) is 4.68 Å². The van der Waals surface area contributed by atoms with E-state index in [4.69, 9.17) is 21.1 Å². The lowest BCUT2D eigenvalue weighted by molar-refractivity contribution is -0.134. The molecule has 1 aliphatic rings. The van der Waals surface area contributed by atoms with Gasteiger partial charge in [-0.2, -0.15) is 0 Å². The van der Waals surface area contributed by atoms with Crippen LogP contribution in [0.2, 0.25) is 5.02 Å². The van der Waals surface area contributed by atoms with Gasteiger partial charge in [-0.15, -0.1) is 5.10 Å². The highest BCUT2D eigenvalue weighted by molar-refractivity contribution is 6.32. The molecule has 0 saturated carbocycles. The van der Waals surface area contributed by atoms with Gasteiger partial charge in [0.2, 0.25) is 0 Å². The lowest BCUT2D eigenvalue weighted by atomic mass is 10.1. The molecule has 1 fully saturated rings. The Hall–Kier alpha value is -2.65. The van der Waals surface area contributed by atoms with E-state index in [2.05, 4.69) is 15.6 Å². The third-order valence-electron chi connectivity index (χ3n) is 4.71. The van der Waals surface area contributed by atoms with E-state index < -0.39 is 0 Å². The minimum Gasteiger partial charge on any atom is -0.482 e. The van der Waals surface area contributed by atoms with E-state index in [1.807, 2.05) is 0 Å². The van der Waals surface area contributed by atoms with Gasteiger partial charge in [0.05, 0.1) is 23.9 Å². The number of nitrogens with one attached hydrogen (secondary N) is 1. The Bertz CT molecular complexity index is 836. The molecule has 0 unspecified atom stereocenters. The van der Waals surface area contributed by atoms with E-state index in [1.165, 1.54) is 0 Å². The summed E-state index contributed by atoms with van der Waals surface area (Å²) in [6.07, 6.45) is 3.10. The van der Waals surface area contributed by atoms with Crippen molar-refractivity contribution >= 4 is 23.4 Å². The predicted molar refractivity (Wildman–Crippen MR) is 106 cm³/mol. The molecule has 0 bridgehead atoms. The number of aromatic nitrogens is 3. The second kappa shape index (κ2) is 10.2. The van der Waals surface area contributed by atoms with Gasteiger partial charge >= 0.3 is 0 Å². The monoisotopic (exact) mass is 421 g/mol. The average molecular weight is 422 g/mol. The number of benzene rings is 1. The van der Waals surface area contributed by atoms with E-state index in [-0.39, 0.29) is 30.2 Å². The average Bonchev–Trinajstić information content (AvgIpc) is 3.23. The molecule has 0 atom stereocenters. The Morgan fingerprint density at radius 3 is 2.76 bits per heavy atom. The predicted octanol–water partition coefficient (Wildman–Crippen LogP) is 1.55. The Labute approximate surface area is 173 Å². The van der Waals surface area contributed by atoms with Crippen molar-refractivity contribution < 1.29 is 19.1 Å². The molecule has 2 aromatic rings. The summed E-state index contributed by atoms with van der Waals surface area (Å²) in [6.45, 7) is 1.98. The summed E-state index contributed by atoms with van der Waals surface area (Å²) in [7, 11) is 1.57. The molecule has 1 N–H and O–H groups in total. The number of carbonyl (C=O) groups excluding carboxylic acids is 2. The van der Waals surface area contributed by atoms with E-state index in [9.17, 15) is 9.59 Å². The summed E-state index contributed by atoms with van der Waals surface area (Å²) in [4.78, 5) is 26.2. The molecule has 10 heteroatoms. The molecule has 3 rings (SSSR count). The fraction of sp³-hybridized carbons (Fsp3) is 0.474. The molecular formula is C19H24ClN5O4. The van der Waals surface area contributed by atoms with Gasteiger partial charge in [0.15, 0.2) is 12.3 Å². The standard InChI is InChI=1S/C19H24ClN5O4/c1-28-11-8-21-19(27)16-12-25(23-22-16)14-6-9-24(10-7-14)18(26)13-29-17-5-3-2-4-15(17)20/h2-5,12,14H,6-11,13H2,1H3,(H,21,27). The molecule has 1 saturated heterocycles. The van der Waals surface area contributed by atoms with Crippen molar-refractivity contribution in [3.05, 3.63) is 41.2 Å². The smallest absolute Gasteiger partial charge is 0.273 e. The number of methoxy groups -OCH3 is 1. The zero-order valence-electron chi connectivity index (χ0n) is 16.2. The number of hydrogen-bond donors (Lipinski definition) is 1. The summed E-state index contributed by atoms with van der Waals surface area (Å²) < 4.78 is 12.1. The number of para-hydroxylation sites is 1. The van der Waals surface area contributed by atoms with Crippen molar-refractivity contribution in [1.82, 2.24) is 25.2 Å². The summed E-state index contributed by atoms with van der Waals surface area (Å²) in [5.74, 6) is 0.133. The number of amides is 2. The highest BCUT2D eigenvalue weighted by Gasteiger charge is 2.25. The Morgan fingerprint density at radius 1 is 1.28 bits per heavy atom. The van der Waals surface area contributed by atoms with Crippen LogP contribution in [0.1, 0.15) is 29.4 Å². The highest BCUT2D eigenvalue weighted by atomic mass is 35.5. The third kappa shape index (κ3) is 5.68. The van der Waals surface area contributed by atoms with Crippen molar-refractivity contribution in [2.24, 2.45) is 0 Å². The van der Waals surface area contributed by atoms with E-state index in [0.717, 1.165) is 12.8 Å². The molecule has 29 heavy (non-hydrogen) atoms. The number of nitrogens with zero attached hydrogens (tertiary/aromatic N) is 4. The lowest BCUT2D eigenvalue weighted by Gasteiger charge is -2.31. The number of hydrogen-bond acceptors (Lipinski definition) is 6. The Kier molecular flexibility index (Phi) is 7.42. The molecule has 0 aliphatic carbocycles. The number of piperidine rings is 1. The van der Waals surface area contributed by atoms with E-state index in [1.54, 1.807) is 47.2 Å². The van der Waals surface area contributed by atoms with Crippen LogP contribution in [0.25, 0.3) is 0 Å². The van der Waals surface area contributed by atoms with E-state index in [0.29, 0.717) is 37.0 Å². The fourth-order valence-corrected chi connectivity index (χ4v) is 3.28. The first-order valence-corrected chi connectivity index (χ1v) is 9.80. The minimum absolute atomic E-state index is 0.0521. The van der Waals surface area contributed by atoms with Crippen LogP contribution in [0.5, 0.6) is 5.75 Å². The van der Waals surface area contributed by atoms with Gasteiger partial charge in [-0.1, -0.05) is 28.9 Å². The molecule has 9 nitrogen and oxygen atoms in total. The molecular weight excluding hydrogens is 398 g/mol. The topological polar surface area (TPSA) is 98.6 Å². The van der Waals surface area contributed by atoms with Crippen LogP contribution in [0.3, 0.4) is 0 Å². The van der Waals surface area contributed by atoms with Crippen molar-refractivity contribution in [2.75, 3.05) is 40.0 Å². The Balaban J connectivity index is 1.46. The maximum Gasteiger partial charge on any atom is 0.273 e. The SMILES string of the molecule is COCCNC(=O)c1cn(C2CCN(C(=O)COc3ccccc3Cl)CC2)nn1. The van der Waals surface area contributed by atoms with Crippen LogP contribution in [-0.4, -0.2) is 71.7 Å². The van der Waals surface area contributed by atoms with Gasteiger partial charge in [0, 0.05) is 26.7 Å². The van der Waals surface area contributed by atoms with Crippen molar-refractivity contribution in [2.45, 2.75) is 18.9 Å². The molecule has 0 spiro atoms. The largest absolute Gasteiger partial charge is 0.482 e. The quantitative estimate of drug-likeness (QED) is 0.649.